The van der Waals surface area contributed by atoms with Gasteiger partial charge in [0.15, 0.2) is 0 Å². The van der Waals surface area contributed by atoms with Crippen LogP contribution in [0.4, 0.5) is 0 Å². The molecule has 1 saturated heterocycles. The van der Waals surface area contributed by atoms with Crippen LogP contribution < -0.4 is 0 Å². The highest BCUT2D eigenvalue weighted by Crippen LogP contribution is 2.37. The van der Waals surface area contributed by atoms with Gasteiger partial charge in [0.2, 0.25) is 10.0 Å². The predicted molar refractivity (Wildman–Crippen MR) is 84.3 cm³/mol. The van der Waals surface area contributed by atoms with Crippen molar-refractivity contribution < 1.29 is 8.42 Å². The number of sulfonamides is 1. The molecule has 20 heavy (non-hydrogen) atoms. The maximum atomic E-state index is 12.8. The third-order valence-electron chi connectivity index (χ3n) is 3.53. The average Bonchev–Trinajstić information content (AvgIpc) is 3.09. The predicted octanol–water partition coefficient (Wildman–Crippen LogP) is 4.04. The Morgan fingerprint density at radius 2 is 2.15 bits per heavy atom. The Morgan fingerprint density at radius 1 is 1.30 bits per heavy atom. The Kier molecular flexibility index (Phi) is 3.99. The highest BCUT2D eigenvalue weighted by Gasteiger charge is 2.36. The van der Waals surface area contributed by atoms with Crippen molar-refractivity contribution in [3.8, 4) is 0 Å². The molecule has 2 aromatic rings. The zero-order chi connectivity index (χ0) is 14.2. The third kappa shape index (κ3) is 2.57. The van der Waals surface area contributed by atoms with Crippen LogP contribution >= 0.6 is 27.3 Å². The second kappa shape index (κ2) is 5.60. The van der Waals surface area contributed by atoms with Crippen LogP contribution in [0.15, 0.2) is 50.5 Å². The summed E-state index contributed by atoms with van der Waals surface area (Å²) in [5, 5.41) is 4.04. The fraction of sp³-hybridized carbons (Fsp3) is 0.286. The van der Waals surface area contributed by atoms with E-state index in [1.165, 1.54) is 0 Å². The van der Waals surface area contributed by atoms with Crippen LogP contribution in [0.25, 0.3) is 0 Å². The minimum atomic E-state index is -3.43. The molecule has 6 heteroatoms. The highest BCUT2D eigenvalue weighted by atomic mass is 79.9. The number of rotatable bonds is 3. The molecular formula is C14H14BrNO2S2. The monoisotopic (exact) mass is 371 g/mol. The van der Waals surface area contributed by atoms with Gasteiger partial charge in [-0.1, -0.05) is 22.0 Å². The minimum absolute atomic E-state index is 0.0229. The van der Waals surface area contributed by atoms with Crippen molar-refractivity contribution in [2.24, 2.45) is 0 Å². The van der Waals surface area contributed by atoms with Crippen LogP contribution in [-0.2, 0) is 10.0 Å². The summed E-state index contributed by atoms with van der Waals surface area (Å²) in [6, 6.07) is 8.91. The van der Waals surface area contributed by atoms with Crippen LogP contribution in [0.5, 0.6) is 0 Å². The van der Waals surface area contributed by atoms with Gasteiger partial charge in [-0.25, -0.2) is 8.42 Å². The van der Waals surface area contributed by atoms with Crippen molar-refractivity contribution >= 4 is 37.3 Å². The van der Waals surface area contributed by atoms with E-state index in [9.17, 15) is 8.42 Å². The number of hydrogen-bond acceptors (Lipinski definition) is 3. The number of nitrogens with zero attached hydrogens (tertiary/aromatic N) is 1. The van der Waals surface area contributed by atoms with Crippen molar-refractivity contribution in [1.29, 1.82) is 0 Å². The Morgan fingerprint density at radius 3 is 2.85 bits per heavy atom. The van der Waals surface area contributed by atoms with Crippen LogP contribution in [0.3, 0.4) is 0 Å². The first-order valence-electron chi connectivity index (χ1n) is 6.38. The molecule has 0 spiro atoms. The lowest BCUT2D eigenvalue weighted by atomic mass is 10.1. The van der Waals surface area contributed by atoms with Crippen molar-refractivity contribution in [2.45, 2.75) is 23.8 Å². The molecule has 0 amide bonds. The molecule has 1 fully saturated rings. The molecule has 0 saturated carbocycles. The molecular weight excluding hydrogens is 358 g/mol. The van der Waals surface area contributed by atoms with Gasteiger partial charge in [-0.2, -0.15) is 15.6 Å². The quantitative estimate of drug-likeness (QED) is 0.816. The van der Waals surface area contributed by atoms with Gasteiger partial charge < -0.3 is 0 Å². The Hall–Kier alpha value is -0.690. The van der Waals surface area contributed by atoms with E-state index in [2.05, 4.69) is 15.9 Å². The minimum Gasteiger partial charge on any atom is -0.207 e. The molecule has 1 atom stereocenters. The third-order valence-corrected chi connectivity index (χ3v) is 6.63. The van der Waals surface area contributed by atoms with Gasteiger partial charge in [0.05, 0.1) is 10.9 Å². The molecule has 3 rings (SSSR count). The van der Waals surface area contributed by atoms with Crippen LogP contribution in [0.1, 0.15) is 24.4 Å². The summed E-state index contributed by atoms with van der Waals surface area (Å²) in [5.74, 6) is 0. The standard InChI is InChI=1S/C14H14BrNO2S2/c15-12-3-1-4-13(9-12)20(17,18)16-7-2-5-14(16)11-6-8-19-10-11/h1,3-4,6,8-10,14H,2,5,7H2. The summed E-state index contributed by atoms with van der Waals surface area (Å²) in [7, 11) is -3.43. The first-order valence-corrected chi connectivity index (χ1v) is 9.56. The van der Waals surface area contributed by atoms with Gasteiger partial charge in [0.1, 0.15) is 0 Å². The van der Waals surface area contributed by atoms with Gasteiger partial charge in [-0.3, -0.25) is 0 Å². The lowest BCUT2D eigenvalue weighted by molar-refractivity contribution is 0.397. The molecule has 0 radical (unpaired) electrons. The molecule has 2 heterocycles. The maximum Gasteiger partial charge on any atom is 0.243 e. The van der Waals surface area contributed by atoms with Crippen molar-refractivity contribution in [1.82, 2.24) is 4.31 Å². The summed E-state index contributed by atoms with van der Waals surface area (Å²) in [6.07, 6.45) is 1.80. The molecule has 1 aromatic heterocycles. The van der Waals surface area contributed by atoms with E-state index in [0.29, 0.717) is 11.4 Å². The molecule has 0 bridgehead atoms. The Bertz CT molecular complexity index is 698. The second-order valence-electron chi connectivity index (χ2n) is 4.79. The van der Waals surface area contributed by atoms with E-state index in [1.54, 1.807) is 33.8 Å². The fourth-order valence-corrected chi connectivity index (χ4v) is 5.58. The van der Waals surface area contributed by atoms with Gasteiger partial charge in [-0.05, 0) is 53.4 Å². The van der Waals surface area contributed by atoms with E-state index in [1.807, 2.05) is 22.9 Å². The molecule has 106 valence electrons. The summed E-state index contributed by atoms with van der Waals surface area (Å²) < 4.78 is 28.0. The van der Waals surface area contributed by atoms with E-state index in [-0.39, 0.29) is 6.04 Å². The summed E-state index contributed by atoms with van der Waals surface area (Å²) in [5.41, 5.74) is 1.10. The first kappa shape index (κ1) is 14.3. The molecule has 1 unspecified atom stereocenters. The lowest BCUT2D eigenvalue weighted by Crippen LogP contribution is -2.30. The number of thiophene rings is 1. The van der Waals surface area contributed by atoms with E-state index >= 15 is 0 Å². The SMILES string of the molecule is O=S(=O)(c1cccc(Br)c1)N1CCCC1c1ccsc1. The zero-order valence-corrected chi connectivity index (χ0v) is 13.9. The average molecular weight is 372 g/mol. The van der Waals surface area contributed by atoms with Gasteiger partial charge in [0, 0.05) is 11.0 Å². The van der Waals surface area contributed by atoms with Gasteiger partial charge in [0.25, 0.3) is 0 Å². The largest absolute Gasteiger partial charge is 0.243 e. The van der Waals surface area contributed by atoms with Crippen molar-refractivity contribution in [3.05, 3.63) is 51.1 Å². The number of hydrogen-bond donors (Lipinski definition) is 0. The highest BCUT2D eigenvalue weighted by molar-refractivity contribution is 9.10. The van der Waals surface area contributed by atoms with Gasteiger partial charge >= 0.3 is 0 Å². The lowest BCUT2D eigenvalue weighted by Gasteiger charge is -2.23. The zero-order valence-electron chi connectivity index (χ0n) is 10.7. The molecule has 1 aliphatic rings. The molecule has 1 aliphatic heterocycles. The van der Waals surface area contributed by atoms with Crippen molar-refractivity contribution in [2.75, 3.05) is 6.54 Å². The fourth-order valence-electron chi connectivity index (χ4n) is 2.59. The topological polar surface area (TPSA) is 37.4 Å². The molecule has 0 aliphatic carbocycles. The van der Waals surface area contributed by atoms with Crippen LogP contribution in [-0.4, -0.2) is 19.3 Å². The van der Waals surface area contributed by atoms with Crippen LogP contribution in [0.2, 0.25) is 0 Å². The Labute approximate surface area is 131 Å². The number of benzene rings is 1. The van der Waals surface area contributed by atoms with E-state index in [0.717, 1.165) is 22.9 Å². The molecule has 3 nitrogen and oxygen atoms in total. The summed E-state index contributed by atoms with van der Waals surface area (Å²) >= 11 is 4.94. The maximum absolute atomic E-state index is 12.8. The van der Waals surface area contributed by atoms with Crippen LogP contribution in [0, 0.1) is 0 Å². The van der Waals surface area contributed by atoms with Crippen molar-refractivity contribution in [3.63, 3.8) is 0 Å². The second-order valence-corrected chi connectivity index (χ2v) is 8.37. The first-order chi connectivity index (χ1) is 9.59. The van der Waals surface area contributed by atoms with E-state index < -0.39 is 10.0 Å². The number of halogens is 1. The summed E-state index contributed by atoms with van der Waals surface area (Å²) in [4.78, 5) is 0.356. The normalized spacial score (nSPS) is 20.4. The molecule has 1 aromatic carbocycles. The van der Waals surface area contributed by atoms with Gasteiger partial charge in [-0.15, -0.1) is 0 Å². The molecule has 0 N–H and O–H groups in total. The summed E-state index contributed by atoms with van der Waals surface area (Å²) in [6.45, 7) is 0.593. The Balaban J connectivity index is 1.98. The van der Waals surface area contributed by atoms with E-state index in [4.69, 9.17) is 0 Å². The smallest absolute Gasteiger partial charge is 0.207 e.